The van der Waals surface area contributed by atoms with Gasteiger partial charge in [0.15, 0.2) is 0 Å². The Morgan fingerprint density at radius 2 is 1.86 bits per heavy atom. The number of anilines is 2. The van der Waals surface area contributed by atoms with Gasteiger partial charge >= 0.3 is 0 Å². The number of hydrogen-bond acceptors (Lipinski definition) is 4. The van der Waals surface area contributed by atoms with E-state index in [9.17, 15) is 0 Å². The molecule has 21 heavy (non-hydrogen) atoms. The Hall–Kier alpha value is -1.32. The van der Waals surface area contributed by atoms with Crippen LogP contribution in [0.4, 0.5) is 11.6 Å². The zero-order valence-corrected chi connectivity index (χ0v) is 13.6. The van der Waals surface area contributed by atoms with Crippen LogP contribution in [0.2, 0.25) is 0 Å². The largest absolute Gasteiger partial charge is 0.370 e. The van der Waals surface area contributed by atoms with Crippen molar-refractivity contribution in [3.05, 3.63) is 11.9 Å². The second-order valence-electron chi connectivity index (χ2n) is 6.80. The summed E-state index contributed by atoms with van der Waals surface area (Å²) in [7, 11) is 2.20. The monoisotopic (exact) mass is 288 g/mol. The second kappa shape index (κ2) is 6.20. The van der Waals surface area contributed by atoms with Crippen molar-refractivity contribution in [1.29, 1.82) is 0 Å². The van der Waals surface area contributed by atoms with Gasteiger partial charge in [0.2, 0.25) is 0 Å². The maximum Gasteiger partial charge on any atom is 0.136 e. The van der Waals surface area contributed by atoms with Gasteiger partial charge in [-0.15, -0.1) is 0 Å². The predicted molar refractivity (Wildman–Crippen MR) is 88.0 cm³/mol. The normalized spacial score (nSPS) is 25.7. The van der Waals surface area contributed by atoms with E-state index in [1.807, 2.05) is 0 Å². The van der Waals surface area contributed by atoms with Gasteiger partial charge in [-0.3, -0.25) is 0 Å². The molecular formula is C17H28N4. The lowest BCUT2D eigenvalue weighted by Gasteiger charge is -2.34. The summed E-state index contributed by atoms with van der Waals surface area (Å²) in [5, 5.41) is 3.36. The van der Waals surface area contributed by atoms with Crippen molar-refractivity contribution in [2.24, 2.45) is 5.92 Å². The number of nitrogens with one attached hydrogen (secondary N) is 1. The fourth-order valence-electron chi connectivity index (χ4n) is 3.25. The predicted octanol–water partition coefficient (Wildman–Crippen LogP) is 3.80. The molecule has 1 aromatic rings. The highest BCUT2D eigenvalue weighted by atomic mass is 15.2. The Kier molecular flexibility index (Phi) is 4.32. The van der Waals surface area contributed by atoms with Crippen LogP contribution in [0.1, 0.15) is 64.1 Å². The van der Waals surface area contributed by atoms with Crippen LogP contribution in [0.25, 0.3) is 0 Å². The van der Waals surface area contributed by atoms with Crippen molar-refractivity contribution in [3.63, 3.8) is 0 Å². The molecule has 0 atom stereocenters. The minimum atomic E-state index is 0.599. The highest BCUT2D eigenvalue weighted by molar-refractivity contribution is 5.50. The molecule has 2 fully saturated rings. The second-order valence-corrected chi connectivity index (χ2v) is 6.80. The molecule has 4 nitrogen and oxygen atoms in total. The average Bonchev–Trinajstić information content (AvgIpc) is 3.32. The molecule has 1 N–H and O–H groups in total. The van der Waals surface area contributed by atoms with E-state index in [2.05, 4.69) is 42.2 Å². The average molecular weight is 288 g/mol. The molecular weight excluding hydrogens is 260 g/mol. The molecule has 0 bridgehead atoms. The van der Waals surface area contributed by atoms with Gasteiger partial charge in [-0.1, -0.05) is 6.92 Å². The summed E-state index contributed by atoms with van der Waals surface area (Å²) >= 11 is 0. The third-order valence-corrected chi connectivity index (χ3v) is 4.92. The summed E-state index contributed by atoms with van der Waals surface area (Å²) in [6.45, 7) is 5.39. The molecule has 2 aliphatic rings. The first-order valence-corrected chi connectivity index (χ1v) is 8.53. The van der Waals surface area contributed by atoms with Crippen LogP contribution in [-0.2, 0) is 0 Å². The van der Waals surface area contributed by atoms with Crippen molar-refractivity contribution in [1.82, 2.24) is 9.97 Å². The number of hydrogen-bond donors (Lipinski definition) is 1. The summed E-state index contributed by atoms with van der Waals surface area (Å²) in [6.07, 6.45) is 7.76. The molecule has 1 heterocycles. The van der Waals surface area contributed by atoms with Gasteiger partial charge in [0.05, 0.1) is 0 Å². The van der Waals surface area contributed by atoms with Gasteiger partial charge in [-0.25, -0.2) is 9.97 Å². The van der Waals surface area contributed by atoms with Gasteiger partial charge in [-0.05, 0) is 51.4 Å². The quantitative estimate of drug-likeness (QED) is 0.894. The zero-order chi connectivity index (χ0) is 14.8. The van der Waals surface area contributed by atoms with Crippen molar-refractivity contribution in [3.8, 4) is 0 Å². The lowest BCUT2D eigenvalue weighted by atomic mass is 9.87. The van der Waals surface area contributed by atoms with Crippen LogP contribution in [0, 0.1) is 5.92 Å². The Bertz CT molecular complexity index is 476. The Balaban J connectivity index is 1.79. The maximum atomic E-state index is 4.85. The van der Waals surface area contributed by atoms with E-state index >= 15 is 0 Å². The third kappa shape index (κ3) is 3.47. The molecule has 0 aliphatic heterocycles. The molecule has 0 spiro atoms. The van der Waals surface area contributed by atoms with E-state index in [1.54, 1.807) is 0 Å². The van der Waals surface area contributed by atoms with E-state index in [4.69, 9.17) is 4.98 Å². The molecule has 2 saturated carbocycles. The van der Waals surface area contributed by atoms with Gasteiger partial charge in [0, 0.05) is 31.6 Å². The van der Waals surface area contributed by atoms with Crippen molar-refractivity contribution in [2.45, 2.75) is 64.3 Å². The van der Waals surface area contributed by atoms with Gasteiger partial charge in [0.1, 0.15) is 17.5 Å². The third-order valence-electron chi connectivity index (χ3n) is 4.92. The Morgan fingerprint density at radius 3 is 2.48 bits per heavy atom. The molecule has 0 unspecified atom stereocenters. The molecule has 1 aromatic heterocycles. The smallest absolute Gasteiger partial charge is 0.136 e. The van der Waals surface area contributed by atoms with Crippen molar-refractivity contribution >= 4 is 11.6 Å². The van der Waals surface area contributed by atoms with E-state index in [1.165, 1.54) is 38.5 Å². The van der Waals surface area contributed by atoms with E-state index in [-0.39, 0.29) is 0 Å². The topological polar surface area (TPSA) is 41.0 Å². The van der Waals surface area contributed by atoms with Crippen molar-refractivity contribution in [2.75, 3.05) is 23.8 Å². The highest BCUT2D eigenvalue weighted by Gasteiger charge is 2.29. The van der Waals surface area contributed by atoms with Crippen LogP contribution >= 0.6 is 0 Å². The first kappa shape index (κ1) is 14.6. The number of nitrogens with zero attached hydrogens (tertiary/aromatic N) is 3. The minimum absolute atomic E-state index is 0.599. The summed E-state index contributed by atoms with van der Waals surface area (Å²) in [5.74, 6) is 4.61. The van der Waals surface area contributed by atoms with Crippen molar-refractivity contribution < 1.29 is 0 Å². The summed E-state index contributed by atoms with van der Waals surface area (Å²) in [5.41, 5.74) is 0. The van der Waals surface area contributed by atoms with Gasteiger partial charge in [0.25, 0.3) is 0 Å². The van der Waals surface area contributed by atoms with Crippen LogP contribution in [0.15, 0.2) is 6.07 Å². The lowest BCUT2D eigenvalue weighted by molar-refractivity contribution is 0.340. The zero-order valence-electron chi connectivity index (χ0n) is 13.6. The van der Waals surface area contributed by atoms with Crippen LogP contribution in [-0.4, -0.2) is 29.6 Å². The summed E-state index contributed by atoms with van der Waals surface area (Å²) < 4.78 is 0. The first-order chi connectivity index (χ1) is 10.2. The van der Waals surface area contributed by atoms with Crippen LogP contribution < -0.4 is 10.2 Å². The number of rotatable bonds is 5. The molecule has 3 rings (SSSR count). The molecule has 0 amide bonds. The molecule has 116 valence electrons. The lowest BCUT2D eigenvalue weighted by Crippen LogP contribution is -2.35. The van der Waals surface area contributed by atoms with Crippen LogP contribution in [0.5, 0.6) is 0 Å². The SMILES string of the molecule is CCNc1cc(N(C)C2CCC(C)CC2)nc(C2CC2)n1. The molecule has 4 heteroatoms. The van der Waals surface area contributed by atoms with E-state index in [0.29, 0.717) is 12.0 Å². The fraction of sp³-hybridized carbons (Fsp3) is 0.765. The summed E-state index contributed by atoms with van der Waals surface area (Å²) in [4.78, 5) is 11.9. The van der Waals surface area contributed by atoms with E-state index in [0.717, 1.165) is 29.9 Å². The van der Waals surface area contributed by atoms with Crippen LogP contribution in [0.3, 0.4) is 0 Å². The maximum absolute atomic E-state index is 4.85. The molecule has 0 radical (unpaired) electrons. The first-order valence-electron chi connectivity index (χ1n) is 8.53. The number of aromatic nitrogens is 2. The fourth-order valence-corrected chi connectivity index (χ4v) is 3.25. The Labute approximate surface area is 128 Å². The minimum Gasteiger partial charge on any atom is -0.370 e. The van der Waals surface area contributed by atoms with E-state index < -0.39 is 0 Å². The Morgan fingerprint density at radius 1 is 1.14 bits per heavy atom. The van der Waals surface area contributed by atoms with Gasteiger partial charge in [-0.2, -0.15) is 0 Å². The molecule has 2 aliphatic carbocycles. The highest BCUT2D eigenvalue weighted by Crippen LogP contribution is 2.39. The summed E-state index contributed by atoms with van der Waals surface area (Å²) in [6, 6.07) is 2.76. The van der Waals surface area contributed by atoms with Gasteiger partial charge < -0.3 is 10.2 Å². The molecule has 0 aromatic carbocycles. The standard InChI is InChI=1S/C17H28N4/c1-4-18-15-11-16(20-17(19-15)13-7-8-13)21(3)14-9-5-12(2)6-10-14/h11-14H,4-10H2,1-3H3,(H,18,19,20). The molecule has 0 saturated heterocycles.